The highest BCUT2D eigenvalue weighted by Crippen LogP contribution is 2.35. The van der Waals surface area contributed by atoms with Crippen LogP contribution in [0.2, 0.25) is 0 Å². The van der Waals surface area contributed by atoms with E-state index in [-0.39, 0.29) is 6.04 Å². The summed E-state index contributed by atoms with van der Waals surface area (Å²) in [6, 6.07) is 8.38. The predicted octanol–water partition coefficient (Wildman–Crippen LogP) is 3.44. The molecule has 1 aromatic heterocycles. The maximum Gasteiger partial charge on any atom is 0.195 e. The molecule has 1 N–H and O–H groups in total. The molecule has 1 aromatic carbocycles. The average Bonchev–Trinajstić information content (AvgIpc) is 2.80. The Kier molecular flexibility index (Phi) is 3.14. The highest BCUT2D eigenvalue weighted by Gasteiger charge is 2.26. The van der Waals surface area contributed by atoms with Gasteiger partial charge in [0.2, 0.25) is 0 Å². The van der Waals surface area contributed by atoms with Gasteiger partial charge in [-0.05, 0) is 18.3 Å². The molecule has 100 valence electrons. The summed E-state index contributed by atoms with van der Waals surface area (Å²) >= 11 is 5.41. The molecule has 0 amide bonds. The number of nitrogens with one attached hydrogen (secondary N) is 1. The molecule has 2 heterocycles. The van der Waals surface area contributed by atoms with E-state index in [0.717, 1.165) is 18.0 Å². The number of nitrogens with zero attached hydrogens (tertiary/aromatic N) is 2. The summed E-state index contributed by atoms with van der Waals surface area (Å²) in [7, 11) is 0. The van der Waals surface area contributed by atoms with Gasteiger partial charge in [-0.25, -0.2) is 0 Å². The van der Waals surface area contributed by atoms with Crippen LogP contribution in [-0.4, -0.2) is 21.4 Å². The highest BCUT2D eigenvalue weighted by atomic mass is 32.1. The summed E-state index contributed by atoms with van der Waals surface area (Å²) in [5.74, 6) is 2.30. The molecule has 4 nitrogen and oxygen atoms in total. The van der Waals surface area contributed by atoms with E-state index >= 15 is 0 Å². The van der Waals surface area contributed by atoms with E-state index in [1.807, 2.05) is 18.2 Å². The monoisotopic (exact) mass is 275 g/mol. The second kappa shape index (κ2) is 4.81. The molecule has 5 heteroatoms. The first-order valence-electron chi connectivity index (χ1n) is 6.57. The Hall–Kier alpha value is -1.62. The minimum absolute atomic E-state index is 0.216. The quantitative estimate of drug-likeness (QED) is 0.854. The second-order valence-electron chi connectivity index (χ2n) is 5.10. The number of aromatic amines is 1. The molecule has 0 saturated carbocycles. The molecule has 19 heavy (non-hydrogen) atoms. The van der Waals surface area contributed by atoms with Gasteiger partial charge in [0.15, 0.2) is 4.77 Å². The second-order valence-corrected chi connectivity index (χ2v) is 5.49. The lowest BCUT2D eigenvalue weighted by Gasteiger charge is -2.28. The molecule has 0 radical (unpaired) electrons. The van der Waals surface area contributed by atoms with Crippen LogP contribution >= 0.6 is 12.2 Å². The maximum absolute atomic E-state index is 5.71. The van der Waals surface area contributed by atoms with Gasteiger partial charge in [0.1, 0.15) is 11.6 Å². The minimum Gasteiger partial charge on any atom is -0.493 e. The van der Waals surface area contributed by atoms with Gasteiger partial charge >= 0.3 is 0 Å². The van der Waals surface area contributed by atoms with Crippen LogP contribution < -0.4 is 4.74 Å². The van der Waals surface area contributed by atoms with Gasteiger partial charge in [0, 0.05) is 17.9 Å². The van der Waals surface area contributed by atoms with E-state index in [1.54, 1.807) is 0 Å². The molecule has 0 fully saturated rings. The number of para-hydroxylation sites is 1. The number of fused-ring (bicyclic) bond motifs is 1. The first kappa shape index (κ1) is 12.4. The molecule has 1 unspecified atom stereocenters. The van der Waals surface area contributed by atoms with Crippen molar-refractivity contribution in [1.29, 1.82) is 0 Å². The smallest absolute Gasteiger partial charge is 0.195 e. The van der Waals surface area contributed by atoms with Crippen molar-refractivity contribution in [2.45, 2.75) is 32.2 Å². The summed E-state index contributed by atoms with van der Waals surface area (Å²) in [6.45, 7) is 4.98. The zero-order valence-corrected chi connectivity index (χ0v) is 11.9. The molecule has 0 spiro atoms. The molecule has 3 rings (SSSR count). The van der Waals surface area contributed by atoms with Crippen molar-refractivity contribution in [3.8, 4) is 5.75 Å². The van der Waals surface area contributed by atoms with Crippen molar-refractivity contribution in [2.24, 2.45) is 0 Å². The fourth-order valence-electron chi connectivity index (χ4n) is 2.62. The normalized spacial score (nSPS) is 18.2. The van der Waals surface area contributed by atoms with Crippen LogP contribution in [0.4, 0.5) is 0 Å². The van der Waals surface area contributed by atoms with E-state index in [1.165, 1.54) is 5.56 Å². The highest BCUT2D eigenvalue weighted by molar-refractivity contribution is 7.71. The third-order valence-electron chi connectivity index (χ3n) is 3.49. The van der Waals surface area contributed by atoms with Crippen LogP contribution in [-0.2, 0) is 0 Å². The Balaban J connectivity index is 2.14. The maximum atomic E-state index is 5.71. The third-order valence-corrected chi connectivity index (χ3v) is 3.77. The first-order chi connectivity index (χ1) is 9.18. The lowest BCUT2D eigenvalue weighted by atomic mass is 10.00. The van der Waals surface area contributed by atoms with E-state index in [4.69, 9.17) is 17.0 Å². The van der Waals surface area contributed by atoms with E-state index < -0.39 is 0 Å². The molecule has 1 aliphatic rings. The van der Waals surface area contributed by atoms with Gasteiger partial charge in [0.05, 0.1) is 12.6 Å². The number of rotatable bonds is 2. The van der Waals surface area contributed by atoms with Crippen molar-refractivity contribution in [3.63, 3.8) is 0 Å². The molecule has 0 bridgehead atoms. The zero-order chi connectivity index (χ0) is 13.4. The lowest BCUT2D eigenvalue weighted by molar-refractivity contribution is 0.253. The Labute approximate surface area is 117 Å². The van der Waals surface area contributed by atoms with Crippen molar-refractivity contribution >= 4 is 12.2 Å². The predicted molar refractivity (Wildman–Crippen MR) is 76.2 cm³/mol. The molecule has 2 aromatic rings. The number of hydrogen-bond acceptors (Lipinski definition) is 3. The van der Waals surface area contributed by atoms with Crippen LogP contribution in [0.1, 0.15) is 43.6 Å². The minimum atomic E-state index is 0.216. The van der Waals surface area contributed by atoms with Crippen LogP contribution in [0.3, 0.4) is 0 Å². The standard InChI is InChI=1S/C14H17N3OS/c1-9(2)13-15-16-14(19)17(13)11-7-8-18-12-6-4-3-5-10(11)12/h3-6,9,11H,7-8H2,1-2H3,(H,16,19). The van der Waals surface area contributed by atoms with Crippen molar-refractivity contribution in [3.05, 3.63) is 40.4 Å². The molecular formula is C14H17N3OS. The third kappa shape index (κ3) is 2.08. The number of aromatic nitrogens is 3. The van der Waals surface area contributed by atoms with Crippen molar-refractivity contribution in [1.82, 2.24) is 14.8 Å². The van der Waals surface area contributed by atoms with Gasteiger partial charge in [-0.2, -0.15) is 5.10 Å². The molecule has 0 saturated heterocycles. The molecular weight excluding hydrogens is 258 g/mol. The molecule has 0 aliphatic carbocycles. The topological polar surface area (TPSA) is 42.8 Å². The van der Waals surface area contributed by atoms with Gasteiger partial charge in [-0.1, -0.05) is 32.0 Å². The Bertz CT molecular complexity index is 644. The summed E-state index contributed by atoms with van der Waals surface area (Å²) in [5, 5.41) is 7.29. The van der Waals surface area contributed by atoms with Crippen molar-refractivity contribution in [2.75, 3.05) is 6.61 Å². The average molecular weight is 275 g/mol. The van der Waals surface area contributed by atoms with Crippen LogP contribution in [0.25, 0.3) is 0 Å². The fourth-order valence-corrected chi connectivity index (χ4v) is 2.88. The van der Waals surface area contributed by atoms with Crippen molar-refractivity contribution < 1.29 is 4.74 Å². The van der Waals surface area contributed by atoms with E-state index in [0.29, 0.717) is 17.3 Å². The SMILES string of the molecule is CC(C)c1n[nH]c(=S)n1C1CCOc2ccccc21. The van der Waals surface area contributed by atoms with Gasteiger partial charge in [0.25, 0.3) is 0 Å². The Morgan fingerprint density at radius 2 is 2.21 bits per heavy atom. The Morgan fingerprint density at radius 1 is 1.42 bits per heavy atom. The first-order valence-corrected chi connectivity index (χ1v) is 6.98. The number of hydrogen-bond donors (Lipinski definition) is 1. The summed E-state index contributed by atoms with van der Waals surface area (Å²) < 4.78 is 8.54. The number of benzene rings is 1. The van der Waals surface area contributed by atoms with E-state index in [9.17, 15) is 0 Å². The largest absolute Gasteiger partial charge is 0.493 e. The summed E-state index contributed by atoms with van der Waals surface area (Å²) in [5.41, 5.74) is 1.19. The number of H-pyrrole nitrogens is 1. The zero-order valence-electron chi connectivity index (χ0n) is 11.1. The van der Waals surface area contributed by atoms with Crippen LogP contribution in [0, 0.1) is 4.77 Å². The molecule has 1 aliphatic heterocycles. The van der Waals surface area contributed by atoms with Gasteiger partial charge in [-0.3, -0.25) is 9.67 Å². The summed E-state index contributed by atoms with van der Waals surface area (Å²) in [6.07, 6.45) is 0.921. The van der Waals surface area contributed by atoms with Gasteiger partial charge in [-0.15, -0.1) is 0 Å². The molecule has 1 atom stereocenters. The fraction of sp³-hybridized carbons (Fsp3) is 0.429. The lowest BCUT2D eigenvalue weighted by Crippen LogP contribution is -2.22. The van der Waals surface area contributed by atoms with E-state index in [2.05, 4.69) is 34.7 Å². The van der Waals surface area contributed by atoms with Crippen LogP contribution in [0.15, 0.2) is 24.3 Å². The Morgan fingerprint density at radius 3 is 3.00 bits per heavy atom. The van der Waals surface area contributed by atoms with Crippen LogP contribution in [0.5, 0.6) is 5.75 Å². The number of ether oxygens (including phenoxy) is 1. The summed E-state index contributed by atoms with van der Waals surface area (Å²) in [4.78, 5) is 0. The van der Waals surface area contributed by atoms with Gasteiger partial charge < -0.3 is 4.74 Å².